The molecule has 1 saturated carbocycles. The number of benzene rings is 1. The van der Waals surface area contributed by atoms with E-state index in [1.54, 1.807) is 6.07 Å². The first-order valence-electron chi connectivity index (χ1n) is 5.98. The van der Waals surface area contributed by atoms with Crippen molar-refractivity contribution in [3.05, 3.63) is 27.8 Å². The van der Waals surface area contributed by atoms with Gasteiger partial charge in [0.2, 0.25) is 6.79 Å². The Morgan fingerprint density at radius 1 is 1.39 bits per heavy atom. The second kappa shape index (κ2) is 4.13. The van der Waals surface area contributed by atoms with Gasteiger partial charge in [0.25, 0.3) is 5.69 Å². The molecule has 0 unspecified atom stereocenters. The fourth-order valence-corrected chi connectivity index (χ4v) is 2.24. The van der Waals surface area contributed by atoms with Gasteiger partial charge in [-0.15, -0.1) is 0 Å². The number of nitrogens with two attached hydrogens (primary N) is 1. The number of rotatable bonds is 4. The average Bonchev–Trinajstić information content (AvgIpc) is 3.03. The van der Waals surface area contributed by atoms with E-state index in [0.29, 0.717) is 23.0 Å². The first-order valence-corrected chi connectivity index (χ1v) is 5.98. The maximum absolute atomic E-state index is 11.1. The molecule has 0 aromatic heterocycles. The lowest BCUT2D eigenvalue weighted by atomic mass is 9.99. The smallest absolute Gasteiger partial charge is 0.278 e. The third-order valence-corrected chi connectivity index (χ3v) is 3.40. The highest BCUT2D eigenvalue weighted by Gasteiger charge is 2.30. The van der Waals surface area contributed by atoms with Gasteiger partial charge in [0.15, 0.2) is 11.5 Å². The Morgan fingerprint density at radius 3 is 2.67 bits per heavy atom. The second-order valence-electron chi connectivity index (χ2n) is 4.81. The molecule has 1 aromatic rings. The molecular weight excluding hydrogens is 236 g/mol. The summed E-state index contributed by atoms with van der Waals surface area (Å²) in [6.45, 7) is 0.105. The number of hydrogen-bond donors (Lipinski definition) is 1. The lowest BCUT2D eigenvalue weighted by molar-refractivity contribution is -0.385. The van der Waals surface area contributed by atoms with Crippen molar-refractivity contribution in [1.29, 1.82) is 0 Å². The Labute approximate surface area is 104 Å². The third kappa shape index (κ3) is 1.99. The van der Waals surface area contributed by atoms with E-state index in [1.807, 2.05) is 0 Å². The minimum atomic E-state index is -0.413. The standard InChI is InChI=1S/C12H14N2O4/c13-9(3-7-1-2-7)8-4-11-12(18-6-17-11)5-10(8)14(15)16/h4-5,7,9H,1-3,6,13H2/t9-/m0/s1. The highest BCUT2D eigenvalue weighted by atomic mass is 16.7. The molecule has 2 N–H and O–H groups in total. The van der Waals surface area contributed by atoms with Gasteiger partial charge in [-0.05, 0) is 18.4 Å². The molecule has 1 atom stereocenters. The molecule has 6 heteroatoms. The van der Waals surface area contributed by atoms with Crippen LogP contribution < -0.4 is 15.2 Å². The maximum Gasteiger partial charge on any atom is 0.278 e. The van der Waals surface area contributed by atoms with Crippen LogP contribution in [0.4, 0.5) is 5.69 Å². The van der Waals surface area contributed by atoms with Gasteiger partial charge in [0.05, 0.1) is 16.6 Å². The van der Waals surface area contributed by atoms with Crippen molar-refractivity contribution >= 4 is 5.69 Å². The lowest BCUT2D eigenvalue weighted by Crippen LogP contribution is -2.13. The Kier molecular flexibility index (Phi) is 2.59. The monoisotopic (exact) mass is 250 g/mol. The molecule has 0 saturated heterocycles. The molecule has 1 fully saturated rings. The zero-order chi connectivity index (χ0) is 12.7. The van der Waals surface area contributed by atoms with E-state index < -0.39 is 4.92 Å². The summed E-state index contributed by atoms with van der Waals surface area (Å²) in [6, 6.07) is 2.74. The SMILES string of the molecule is N[C@@H](CC1CC1)c1cc2c(cc1[N+](=O)[O-])OCO2. The fraction of sp³-hybridized carbons (Fsp3) is 0.500. The van der Waals surface area contributed by atoms with Crippen LogP contribution in [-0.4, -0.2) is 11.7 Å². The van der Waals surface area contributed by atoms with Crippen molar-refractivity contribution in [1.82, 2.24) is 0 Å². The summed E-state index contributed by atoms with van der Waals surface area (Å²) in [7, 11) is 0. The first kappa shape index (κ1) is 11.3. The number of nitro benzene ring substituents is 1. The molecule has 0 amide bonds. The van der Waals surface area contributed by atoms with Crippen LogP contribution in [0.3, 0.4) is 0 Å². The summed E-state index contributed by atoms with van der Waals surface area (Å²) < 4.78 is 10.4. The number of hydrogen-bond acceptors (Lipinski definition) is 5. The minimum absolute atomic E-state index is 0.0207. The Bertz CT molecular complexity index is 499. The molecule has 6 nitrogen and oxygen atoms in total. The predicted octanol–water partition coefficient (Wildman–Crippen LogP) is 2.12. The summed E-state index contributed by atoms with van der Waals surface area (Å²) in [6.07, 6.45) is 3.14. The van der Waals surface area contributed by atoms with Crippen LogP contribution in [0.5, 0.6) is 11.5 Å². The van der Waals surface area contributed by atoms with Crippen molar-refractivity contribution in [2.45, 2.75) is 25.3 Å². The molecule has 2 aliphatic rings. The van der Waals surface area contributed by atoms with Crippen molar-refractivity contribution < 1.29 is 14.4 Å². The molecule has 1 heterocycles. The number of nitro groups is 1. The summed E-state index contributed by atoms with van der Waals surface area (Å²) in [5, 5.41) is 11.1. The lowest BCUT2D eigenvalue weighted by Gasteiger charge is -2.12. The molecule has 0 spiro atoms. The van der Waals surface area contributed by atoms with Gasteiger partial charge in [0, 0.05) is 6.04 Å². The van der Waals surface area contributed by atoms with Crippen LogP contribution in [0.15, 0.2) is 12.1 Å². The van der Waals surface area contributed by atoms with E-state index in [-0.39, 0.29) is 18.5 Å². The van der Waals surface area contributed by atoms with E-state index in [0.717, 1.165) is 6.42 Å². The van der Waals surface area contributed by atoms with Crippen molar-refractivity contribution in [2.75, 3.05) is 6.79 Å². The summed E-state index contributed by atoms with van der Waals surface area (Å²) in [5.41, 5.74) is 6.63. The summed E-state index contributed by atoms with van der Waals surface area (Å²) in [5.74, 6) is 1.58. The van der Waals surface area contributed by atoms with Gasteiger partial charge in [-0.2, -0.15) is 0 Å². The zero-order valence-electron chi connectivity index (χ0n) is 9.80. The highest BCUT2D eigenvalue weighted by molar-refractivity contribution is 5.56. The van der Waals surface area contributed by atoms with Crippen molar-refractivity contribution in [3.8, 4) is 11.5 Å². The highest BCUT2D eigenvalue weighted by Crippen LogP contribution is 2.43. The maximum atomic E-state index is 11.1. The van der Waals surface area contributed by atoms with Crippen molar-refractivity contribution in [3.63, 3.8) is 0 Å². The number of ether oxygens (including phenoxy) is 2. The molecular formula is C12H14N2O4. The topological polar surface area (TPSA) is 87.6 Å². The van der Waals surface area contributed by atoms with E-state index >= 15 is 0 Å². The normalized spacial score (nSPS) is 18.7. The molecule has 1 aliphatic heterocycles. The Morgan fingerprint density at radius 2 is 2.06 bits per heavy atom. The molecule has 0 radical (unpaired) electrons. The van der Waals surface area contributed by atoms with Crippen LogP contribution in [0.1, 0.15) is 30.9 Å². The quantitative estimate of drug-likeness (QED) is 0.653. The van der Waals surface area contributed by atoms with Gasteiger partial charge in [-0.3, -0.25) is 10.1 Å². The average molecular weight is 250 g/mol. The van der Waals surface area contributed by atoms with Gasteiger partial charge in [-0.1, -0.05) is 12.8 Å². The summed E-state index contributed by atoms with van der Waals surface area (Å²) >= 11 is 0. The van der Waals surface area contributed by atoms with Crippen LogP contribution >= 0.6 is 0 Å². The first-order chi connectivity index (χ1) is 8.65. The van der Waals surface area contributed by atoms with Crippen LogP contribution in [0.25, 0.3) is 0 Å². The van der Waals surface area contributed by atoms with Crippen molar-refractivity contribution in [2.24, 2.45) is 11.7 Å². The molecule has 1 aliphatic carbocycles. The number of nitrogens with zero attached hydrogens (tertiary/aromatic N) is 1. The molecule has 3 rings (SSSR count). The predicted molar refractivity (Wildman–Crippen MR) is 63.5 cm³/mol. The van der Waals surface area contributed by atoms with E-state index in [2.05, 4.69) is 0 Å². The van der Waals surface area contributed by atoms with Crippen LogP contribution in [0.2, 0.25) is 0 Å². The fourth-order valence-electron chi connectivity index (χ4n) is 2.24. The zero-order valence-corrected chi connectivity index (χ0v) is 9.80. The van der Waals surface area contributed by atoms with Gasteiger partial charge >= 0.3 is 0 Å². The molecule has 0 bridgehead atoms. The van der Waals surface area contributed by atoms with E-state index in [4.69, 9.17) is 15.2 Å². The van der Waals surface area contributed by atoms with Crippen LogP contribution in [0, 0.1) is 16.0 Å². The van der Waals surface area contributed by atoms with E-state index in [9.17, 15) is 10.1 Å². The molecule has 1 aromatic carbocycles. The second-order valence-corrected chi connectivity index (χ2v) is 4.81. The molecule has 96 valence electrons. The third-order valence-electron chi connectivity index (χ3n) is 3.40. The molecule has 18 heavy (non-hydrogen) atoms. The minimum Gasteiger partial charge on any atom is -0.454 e. The van der Waals surface area contributed by atoms with E-state index in [1.165, 1.54) is 18.9 Å². The number of fused-ring (bicyclic) bond motifs is 1. The largest absolute Gasteiger partial charge is 0.454 e. The van der Waals surface area contributed by atoms with Crippen LogP contribution in [-0.2, 0) is 0 Å². The Hall–Kier alpha value is -1.82. The van der Waals surface area contributed by atoms with Gasteiger partial charge in [-0.25, -0.2) is 0 Å². The Balaban J connectivity index is 1.96. The van der Waals surface area contributed by atoms with Gasteiger partial charge in [0.1, 0.15) is 0 Å². The van der Waals surface area contributed by atoms with Gasteiger partial charge < -0.3 is 15.2 Å². The summed E-state index contributed by atoms with van der Waals surface area (Å²) in [4.78, 5) is 10.7.